The maximum absolute atomic E-state index is 13.0. The van der Waals surface area contributed by atoms with Gasteiger partial charge in [0.15, 0.2) is 0 Å². The Labute approximate surface area is 197 Å². The zero-order chi connectivity index (χ0) is 23.2. The van der Waals surface area contributed by atoms with Gasteiger partial charge < -0.3 is 19.7 Å². The maximum atomic E-state index is 13.0. The molecule has 6 nitrogen and oxygen atoms in total. The van der Waals surface area contributed by atoms with Gasteiger partial charge in [0.25, 0.3) is 5.91 Å². The molecule has 0 aromatic heterocycles. The van der Waals surface area contributed by atoms with Crippen molar-refractivity contribution in [2.24, 2.45) is 0 Å². The topological polar surface area (TPSA) is 67.9 Å². The molecule has 0 radical (unpaired) electrons. The number of benzene rings is 3. The van der Waals surface area contributed by atoms with E-state index in [1.54, 1.807) is 20.3 Å². The van der Waals surface area contributed by atoms with E-state index in [0.29, 0.717) is 30.2 Å². The maximum Gasteiger partial charge on any atom is 0.252 e. The Hall–Kier alpha value is -3.45. The first kappa shape index (κ1) is 22.7. The third-order valence-corrected chi connectivity index (χ3v) is 6.66. The molecule has 0 saturated heterocycles. The van der Waals surface area contributed by atoms with Crippen molar-refractivity contribution in [2.75, 3.05) is 31.4 Å². The fourth-order valence-electron chi connectivity index (χ4n) is 3.89. The van der Waals surface area contributed by atoms with E-state index in [4.69, 9.17) is 9.47 Å². The number of carbonyl (C=O) groups is 2. The first-order valence-electron chi connectivity index (χ1n) is 10.7. The molecular weight excluding hydrogens is 436 g/mol. The number of anilines is 1. The van der Waals surface area contributed by atoms with Crippen LogP contribution in [0.3, 0.4) is 0 Å². The monoisotopic (exact) mass is 462 g/mol. The van der Waals surface area contributed by atoms with Gasteiger partial charge in [0.05, 0.1) is 25.5 Å². The molecule has 0 saturated carbocycles. The van der Waals surface area contributed by atoms with Gasteiger partial charge >= 0.3 is 0 Å². The Balaban J connectivity index is 1.41. The number of nitrogens with one attached hydrogen (secondary N) is 1. The van der Waals surface area contributed by atoms with Crippen LogP contribution in [-0.2, 0) is 17.8 Å². The summed E-state index contributed by atoms with van der Waals surface area (Å²) in [6.45, 7) is 0.991. The molecule has 0 aliphatic carbocycles. The molecule has 7 heteroatoms. The smallest absolute Gasteiger partial charge is 0.252 e. The first-order valence-corrected chi connectivity index (χ1v) is 11.7. The fraction of sp³-hybridized carbons (Fsp3) is 0.231. The van der Waals surface area contributed by atoms with E-state index in [2.05, 4.69) is 11.4 Å². The molecule has 0 fully saturated rings. The van der Waals surface area contributed by atoms with Crippen LogP contribution in [0.25, 0.3) is 0 Å². The number of thioether (sulfide) groups is 1. The number of nitrogens with zero attached hydrogens (tertiary/aromatic N) is 1. The van der Waals surface area contributed by atoms with E-state index in [9.17, 15) is 9.59 Å². The summed E-state index contributed by atoms with van der Waals surface area (Å²) in [6.07, 6.45) is 0.874. The average Bonchev–Trinajstić information content (AvgIpc) is 3.30. The van der Waals surface area contributed by atoms with Crippen LogP contribution >= 0.6 is 11.8 Å². The van der Waals surface area contributed by atoms with Gasteiger partial charge in [-0.1, -0.05) is 30.3 Å². The van der Waals surface area contributed by atoms with Gasteiger partial charge in [0.2, 0.25) is 5.91 Å². The zero-order valence-electron chi connectivity index (χ0n) is 18.7. The summed E-state index contributed by atoms with van der Waals surface area (Å²) >= 11 is 1.38. The van der Waals surface area contributed by atoms with Crippen molar-refractivity contribution in [1.82, 2.24) is 5.32 Å². The van der Waals surface area contributed by atoms with Crippen LogP contribution in [0.4, 0.5) is 5.69 Å². The van der Waals surface area contributed by atoms with Crippen LogP contribution in [0.15, 0.2) is 71.6 Å². The minimum Gasteiger partial charge on any atom is -0.497 e. The van der Waals surface area contributed by atoms with Crippen LogP contribution in [-0.4, -0.2) is 38.3 Å². The number of hydrogen-bond acceptors (Lipinski definition) is 5. The lowest BCUT2D eigenvalue weighted by molar-refractivity contribution is -0.116. The van der Waals surface area contributed by atoms with Gasteiger partial charge in [-0.2, -0.15) is 0 Å². The summed E-state index contributed by atoms with van der Waals surface area (Å²) in [5.74, 6) is 1.47. The number of ether oxygens (including phenoxy) is 2. The molecule has 33 heavy (non-hydrogen) atoms. The highest BCUT2D eigenvalue weighted by atomic mass is 32.2. The number of carbonyl (C=O) groups excluding carboxylic acids is 2. The summed E-state index contributed by atoms with van der Waals surface area (Å²) in [5, 5.41) is 2.95. The van der Waals surface area contributed by atoms with Crippen LogP contribution in [0, 0.1) is 0 Å². The van der Waals surface area contributed by atoms with E-state index in [1.807, 2.05) is 59.5 Å². The predicted molar refractivity (Wildman–Crippen MR) is 130 cm³/mol. The van der Waals surface area contributed by atoms with Gasteiger partial charge in [0.1, 0.15) is 11.5 Å². The number of hydrogen-bond donors (Lipinski definition) is 1. The summed E-state index contributed by atoms with van der Waals surface area (Å²) < 4.78 is 10.7. The van der Waals surface area contributed by atoms with E-state index in [-0.39, 0.29) is 17.6 Å². The third-order valence-electron chi connectivity index (χ3n) is 5.60. The number of fused-ring (bicyclic) bond motifs is 1. The Morgan fingerprint density at radius 2 is 1.79 bits per heavy atom. The SMILES string of the molecule is COc1ccc(OC)c(CNC(=O)c2ccccc2SCC(=O)N2CCc3ccccc32)c1. The number of rotatable bonds is 8. The summed E-state index contributed by atoms with van der Waals surface area (Å²) in [4.78, 5) is 28.5. The molecule has 3 aromatic rings. The predicted octanol–water partition coefficient (Wildman–Crippen LogP) is 4.32. The van der Waals surface area contributed by atoms with E-state index in [0.717, 1.165) is 22.6 Å². The van der Waals surface area contributed by atoms with Crippen molar-refractivity contribution in [3.05, 3.63) is 83.4 Å². The van der Waals surface area contributed by atoms with E-state index >= 15 is 0 Å². The highest BCUT2D eigenvalue weighted by Gasteiger charge is 2.24. The molecule has 1 aliphatic rings. The molecule has 0 bridgehead atoms. The van der Waals surface area contributed by atoms with Crippen LogP contribution in [0.1, 0.15) is 21.5 Å². The average molecular weight is 463 g/mol. The molecule has 1 heterocycles. The number of amides is 2. The highest BCUT2D eigenvalue weighted by Crippen LogP contribution is 2.30. The summed E-state index contributed by atoms with van der Waals surface area (Å²) in [5.41, 5.74) is 3.54. The van der Waals surface area contributed by atoms with Gasteiger partial charge in [-0.3, -0.25) is 9.59 Å². The fourth-order valence-corrected chi connectivity index (χ4v) is 4.81. The lowest BCUT2D eigenvalue weighted by Gasteiger charge is -2.17. The molecule has 3 aromatic carbocycles. The van der Waals surface area contributed by atoms with Crippen molar-refractivity contribution in [3.63, 3.8) is 0 Å². The minimum atomic E-state index is -0.207. The quantitative estimate of drug-likeness (QED) is 0.505. The van der Waals surface area contributed by atoms with Crippen LogP contribution in [0.5, 0.6) is 11.5 Å². The Bertz CT molecular complexity index is 1160. The summed E-state index contributed by atoms with van der Waals surface area (Å²) in [6, 6.07) is 20.8. The number of methoxy groups -OCH3 is 2. The Kier molecular flexibility index (Phi) is 7.19. The standard InChI is InChI=1S/C26H26N2O4S/c1-31-20-11-12-23(32-2)19(15-20)16-27-26(30)21-8-4-6-10-24(21)33-17-25(29)28-14-13-18-7-3-5-9-22(18)28/h3-12,15H,13-14,16-17H2,1-2H3,(H,27,30). The second-order valence-corrected chi connectivity index (χ2v) is 8.59. The molecule has 0 unspecified atom stereocenters. The molecule has 0 atom stereocenters. The van der Waals surface area contributed by atoms with Crippen molar-refractivity contribution in [2.45, 2.75) is 17.9 Å². The van der Waals surface area contributed by atoms with Crippen LogP contribution in [0.2, 0.25) is 0 Å². The van der Waals surface area contributed by atoms with Crippen molar-refractivity contribution in [1.29, 1.82) is 0 Å². The van der Waals surface area contributed by atoms with Crippen LogP contribution < -0.4 is 19.7 Å². The molecule has 1 N–H and O–H groups in total. The second-order valence-electron chi connectivity index (χ2n) is 7.57. The zero-order valence-corrected chi connectivity index (χ0v) is 19.5. The Morgan fingerprint density at radius 3 is 2.61 bits per heavy atom. The van der Waals surface area contributed by atoms with E-state index < -0.39 is 0 Å². The molecule has 2 amide bonds. The van der Waals surface area contributed by atoms with Gasteiger partial charge in [-0.05, 0) is 48.4 Å². The Morgan fingerprint density at radius 1 is 1.00 bits per heavy atom. The van der Waals surface area contributed by atoms with Crippen molar-refractivity contribution in [3.8, 4) is 11.5 Å². The highest BCUT2D eigenvalue weighted by molar-refractivity contribution is 8.00. The third kappa shape index (κ3) is 5.14. The summed E-state index contributed by atoms with van der Waals surface area (Å²) in [7, 11) is 3.19. The molecule has 170 valence electrons. The lowest BCUT2D eigenvalue weighted by atomic mass is 10.1. The molecule has 4 rings (SSSR count). The second kappa shape index (κ2) is 10.4. The van der Waals surface area contributed by atoms with Crippen molar-refractivity contribution >= 4 is 29.3 Å². The molecule has 0 spiro atoms. The van der Waals surface area contributed by atoms with Gasteiger partial charge in [0, 0.05) is 29.2 Å². The molecular formula is C26H26N2O4S. The largest absolute Gasteiger partial charge is 0.497 e. The van der Waals surface area contributed by atoms with Crippen molar-refractivity contribution < 1.29 is 19.1 Å². The number of para-hydroxylation sites is 1. The normalized spacial score (nSPS) is 12.2. The van der Waals surface area contributed by atoms with Gasteiger partial charge in [-0.15, -0.1) is 11.8 Å². The van der Waals surface area contributed by atoms with E-state index in [1.165, 1.54) is 17.3 Å². The first-order chi connectivity index (χ1) is 16.1. The lowest BCUT2D eigenvalue weighted by Crippen LogP contribution is -2.30. The minimum absolute atomic E-state index is 0.0429. The van der Waals surface area contributed by atoms with Gasteiger partial charge in [-0.25, -0.2) is 0 Å². The molecule has 1 aliphatic heterocycles.